The molecule has 1 fully saturated rings. The van der Waals surface area contributed by atoms with Crippen molar-refractivity contribution < 1.29 is 19.1 Å². The number of esters is 1. The van der Waals surface area contributed by atoms with Gasteiger partial charge in [-0.3, -0.25) is 14.5 Å². The molecule has 1 saturated heterocycles. The van der Waals surface area contributed by atoms with Crippen molar-refractivity contribution in [2.45, 2.75) is 27.7 Å². The van der Waals surface area contributed by atoms with Crippen LogP contribution in [0.1, 0.15) is 34.0 Å². The first-order valence-electron chi connectivity index (χ1n) is 7.76. The van der Waals surface area contributed by atoms with Crippen molar-refractivity contribution in [3.63, 3.8) is 0 Å². The van der Waals surface area contributed by atoms with Crippen molar-refractivity contribution in [3.8, 4) is 0 Å². The third-order valence-electron chi connectivity index (χ3n) is 3.88. The van der Waals surface area contributed by atoms with Crippen LogP contribution in [0.25, 0.3) is 0 Å². The molecule has 24 heavy (non-hydrogen) atoms. The first-order chi connectivity index (χ1) is 11.3. The van der Waals surface area contributed by atoms with Gasteiger partial charge >= 0.3 is 5.97 Å². The second-order valence-electron chi connectivity index (χ2n) is 5.68. The highest BCUT2D eigenvalue weighted by molar-refractivity contribution is 8.04. The molecule has 0 N–H and O–H groups in total. The Morgan fingerprint density at radius 3 is 2.54 bits per heavy atom. The van der Waals surface area contributed by atoms with Gasteiger partial charge in [0.05, 0.1) is 30.0 Å². The third-order valence-corrected chi connectivity index (χ3v) is 4.91. The van der Waals surface area contributed by atoms with Gasteiger partial charge < -0.3 is 4.74 Å². The van der Waals surface area contributed by atoms with Gasteiger partial charge in [0.2, 0.25) is 5.91 Å². The van der Waals surface area contributed by atoms with Crippen molar-refractivity contribution in [2.75, 3.05) is 18.9 Å². The number of rotatable bonds is 5. The van der Waals surface area contributed by atoms with Crippen molar-refractivity contribution >= 4 is 29.4 Å². The van der Waals surface area contributed by atoms with E-state index < -0.39 is 5.97 Å². The highest BCUT2D eigenvalue weighted by Crippen LogP contribution is 2.29. The molecule has 1 aromatic rings. The summed E-state index contributed by atoms with van der Waals surface area (Å²) in [6.45, 7) is 7.75. The lowest BCUT2D eigenvalue weighted by Gasteiger charge is -2.17. The highest BCUT2D eigenvalue weighted by Gasteiger charge is 2.30. The van der Waals surface area contributed by atoms with Gasteiger partial charge in [0.15, 0.2) is 5.78 Å². The molecule has 1 aliphatic heterocycles. The quantitative estimate of drug-likeness (QED) is 0.466. The van der Waals surface area contributed by atoms with Gasteiger partial charge in [-0.15, -0.1) is 0 Å². The molecule has 0 aromatic heterocycles. The van der Waals surface area contributed by atoms with Crippen molar-refractivity contribution in [2.24, 2.45) is 0 Å². The summed E-state index contributed by atoms with van der Waals surface area (Å²) in [5.74, 6) is -0.592. The second kappa shape index (κ2) is 7.66. The number of ketones is 1. The minimum Gasteiger partial charge on any atom is -0.463 e. The Bertz CT molecular complexity index is 724. The van der Waals surface area contributed by atoms with Gasteiger partial charge in [-0.25, -0.2) is 4.79 Å². The maximum Gasteiger partial charge on any atom is 0.333 e. The third kappa shape index (κ3) is 4.06. The molecule has 1 aliphatic rings. The lowest BCUT2D eigenvalue weighted by Crippen LogP contribution is -2.31. The standard InChI is InChI=1S/C18H21NO4S/c1-5-23-18(22)8-17-19(16(21)10-24-17)9-15(20)14-7-12(3)11(2)6-13(14)4/h6-8H,5,9-10H2,1-4H3. The Labute approximate surface area is 146 Å². The van der Waals surface area contributed by atoms with E-state index >= 15 is 0 Å². The van der Waals surface area contributed by atoms with Gasteiger partial charge in [-0.2, -0.15) is 0 Å². The molecule has 128 valence electrons. The summed E-state index contributed by atoms with van der Waals surface area (Å²) < 4.78 is 4.87. The van der Waals surface area contributed by atoms with Crippen LogP contribution in [0.5, 0.6) is 0 Å². The first kappa shape index (κ1) is 18.3. The van der Waals surface area contributed by atoms with Crippen molar-refractivity contribution in [1.82, 2.24) is 4.90 Å². The minimum atomic E-state index is -0.505. The summed E-state index contributed by atoms with van der Waals surface area (Å²) in [5, 5.41) is 0.466. The van der Waals surface area contributed by atoms with Gasteiger partial charge in [-0.05, 0) is 50.5 Å². The molecule has 1 amide bonds. The first-order valence-corrected chi connectivity index (χ1v) is 8.74. The maximum absolute atomic E-state index is 12.6. The van der Waals surface area contributed by atoms with E-state index in [1.54, 1.807) is 6.92 Å². The Kier molecular flexibility index (Phi) is 5.83. The van der Waals surface area contributed by atoms with Crippen LogP contribution in [0.2, 0.25) is 0 Å². The largest absolute Gasteiger partial charge is 0.463 e. The molecule has 0 aliphatic carbocycles. The van der Waals surface area contributed by atoms with E-state index in [1.807, 2.05) is 32.9 Å². The molecular formula is C18H21NO4S. The van der Waals surface area contributed by atoms with E-state index in [9.17, 15) is 14.4 Å². The number of hydrogen-bond donors (Lipinski definition) is 0. The minimum absolute atomic E-state index is 0.0690. The van der Waals surface area contributed by atoms with Gasteiger partial charge in [0.1, 0.15) is 0 Å². The molecule has 0 bridgehead atoms. The molecule has 0 saturated carbocycles. The number of nitrogens with zero attached hydrogens (tertiary/aromatic N) is 1. The van der Waals surface area contributed by atoms with Crippen LogP contribution in [-0.4, -0.2) is 41.5 Å². The number of Topliss-reactive ketones (excluding diaryl/α,β-unsaturated/α-hetero) is 1. The summed E-state index contributed by atoms with van der Waals surface area (Å²) in [4.78, 5) is 37.7. The zero-order chi connectivity index (χ0) is 17.9. The lowest BCUT2D eigenvalue weighted by molar-refractivity contribution is -0.137. The number of carbonyl (C=O) groups is 3. The molecule has 0 atom stereocenters. The normalized spacial score (nSPS) is 15.9. The zero-order valence-corrected chi connectivity index (χ0v) is 15.2. The number of amides is 1. The van der Waals surface area contributed by atoms with E-state index in [2.05, 4.69) is 0 Å². The topological polar surface area (TPSA) is 63.7 Å². The van der Waals surface area contributed by atoms with Gasteiger partial charge in [0, 0.05) is 5.56 Å². The molecule has 2 rings (SSSR count). The fourth-order valence-electron chi connectivity index (χ4n) is 2.47. The predicted molar refractivity (Wildman–Crippen MR) is 93.9 cm³/mol. The highest BCUT2D eigenvalue weighted by atomic mass is 32.2. The van der Waals surface area contributed by atoms with Crippen LogP contribution in [0.15, 0.2) is 23.2 Å². The molecular weight excluding hydrogens is 326 g/mol. The van der Waals surface area contributed by atoms with Crippen LogP contribution in [0, 0.1) is 20.8 Å². The number of hydrogen-bond acceptors (Lipinski definition) is 5. The van der Waals surface area contributed by atoms with Crippen molar-refractivity contribution in [3.05, 3.63) is 45.5 Å². The molecule has 0 spiro atoms. The average Bonchev–Trinajstić information content (AvgIpc) is 2.84. The van der Waals surface area contributed by atoms with Crippen LogP contribution < -0.4 is 0 Å². The number of ether oxygens (including phenoxy) is 1. The number of carbonyl (C=O) groups excluding carboxylic acids is 3. The Morgan fingerprint density at radius 2 is 1.88 bits per heavy atom. The Morgan fingerprint density at radius 1 is 1.21 bits per heavy atom. The van der Waals surface area contributed by atoms with E-state index in [0.717, 1.165) is 16.7 Å². The number of aryl methyl sites for hydroxylation is 3. The fraction of sp³-hybridized carbons (Fsp3) is 0.389. The maximum atomic E-state index is 12.6. The zero-order valence-electron chi connectivity index (χ0n) is 14.3. The van der Waals surface area contributed by atoms with E-state index in [-0.39, 0.29) is 30.6 Å². The molecule has 1 aromatic carbocycles. The number of benzene rings is 1. The summed E-state index contributed by atoms with van der Waals surface area (Å²) in [5.41, 5.74) is 3.66. The van der Waals surface area contributed by atoms with E-state index in [1.165, 1.54) is 22.7 Å². The predicted octanol–water partition coefficient (Wildman–Crippen LogP) is 2.77. The smallest absolute Gasteiger partial charge is 0.333 e. The second-order valence-corrected chi connectivity index (χ2v) is 6.67. The lowest BCUT2D eigenvalue weighted by atomic mass is 9.98. The fourth-order valence-corrected chi connectivity index (χ4v) is 3.40. The van der Waals surface area contributed by atoms with Gasteiger partial charge in [-0.1, -0.05) is 17.8 Å². The molecule has 6 heteroatoms. The Hall–Kier alpha value is -2.08. The van der Waals surface area contributed by atoms with Gasteiger partial charge in [0.25, 0.3) is 0 Å². The summed E-state index contributed by atoms with van der Waals surface area (Å²) >= 11 is 1.24. The SMILES string of the molecule is CCOC(=O)C=C1SCC(=O)N1CC(=O)c1cc(C)c(C)cc1C. The summed E-state index contributed by atoms with van der Waals surface area (Å²) in [6, 6.07) is 3.83. The number of thioether (sulfide) groups is 1. The monoisotopic (exact) mass is 347 g/mol. The molecule has 5 nitrogen and oxygen atoms in total. The van der Waals surface area contributed by atoms with Crippen LogP contribution in [0.4, 0.5) is 0 Å². The Balaban J connectivity index is 2.21. The van der Waals surface area contributed by atoms with Crippen molar-refractivity contribution in [1.29, 1.82) is 0 Å². The summed E-state index contributed by atoms with van der Waals surface area (Å²) in [7, 11) is 0. The van der Waals surface area contributed by atoms with E-state index in [4.69, 9.17) is 4.74 Å². The molecule has 0 radical (unpaired) electrons. The van der Waals surface area contributed by atoms with Crippen LogP contribution >= 0.6 is 11.8 Å². The van der Waals surface area contributed by atoms with E-state index in [0.29, 0.717) is 10.6 Å². The molecule has 0 unspecified atom stereocenters. The van der Waals surface area contributed by atoms with Crippen LogP contribution in [-0.2, 0) is 14.3 Å². The molecule has 1 heterocycles. The van der Waals surface area contributed by atoms with Crippen LogP contribution in [0.3, 0.4) is 0 Å². The average molecular weight is 347 g/mol. The summed E-state index contributed by atoms with van der Waals surface area (Å²) in [6.07, 6.45) is 1.28.